The van der Waals surface area contributed by atoms with Crippen molar-refractivity contribution in [3.8, 4) is 0 Å². The van der Waals surface area contributed by atoms with Crippen molar-refractivity contribution >= 4 is 11.8 Å². The van der Waals surface area contributed by atoms with Gasteiger partial charge in [0.2, 0.25) is 0 Å². The number of nitrogens with two attached hydrogens (primary N) is 1. The van der Waals surface area contributed by atoms with Gasteiger partial charge in [-0.05, 0) is 6.07 Å². The van der Waals surface area contributed by atoms with E-state index in [1.54, 1.807) is 0 Å². The van der Waals surface area contributed by atoms with Crippen LogP contribution in [0.25, 0.3) is 0 Å². The maximum absolute atomic E-state index is 12.4. The molecule has 0 aliphatic carbocycles. The molecule has 1 heterocycles. The zero-order chi connectivity index (χ0) is 10.7. The van der Waals surface area contributed by atoms with Crippen LogP contribution < -0.4 is 5.73 Å². The molecule has 4 nitrogen and oxygen atoms in total. The summed E-state index contributed by atoms with van der Waals surface area (Å²) in [4.78, 5) is 14.6. The lowest BCUT2D eigenvalue weighted by Crippen LogP contribution is -2.11. The van der Waals surface area contributed by atoms with E-state index in [1.807, 2.05) is 0 Å². The first-order chi connectivity index (χ1) is 6.57. The molecule has 0 atom stereocenters. The lowest BCUT2D eigenvalue weighted by atomic mass is 10.1. The molecule has 1 rings (SSSR count). The predicted molar refractivity (Wildman–Crippen MR) is 44.9 cm³/mol. The van der Waals surface area contributed by atoms with Crippen LogP contribution in [-0.4, -0.2) is 18.1 Å². The molecule has 6 heteroatoms. The Kier molecular flexibility index (Phi) is 2.95. The number of hydrogen-bond acceptors (Lipinski definition) is 4. The number of carbonyl (C=O) groups excluding carboxylic acids is 1. The third kappa shape index (κ3) is 1.78. The summed E-state index contributed by atoms with van der Waals surface area (Å²) in [5, 5.41) is 0. The van der Waals surface area contributed by atoms with Crippen LogP contribution in [0.5, 0.6) is 0 Å². The smallest absolute Gasteiger partial charge is 0.342 e. The van der Waals surface area contributed by atoms with E-state index < -0.39 is 18.0 Å². The Labute approximate surface area is 78.7 Å². The molecule has 76 valence electrons. The summed E-state index contributed by atoms with van der Waals surface area (Å²) >= 11 is 0. The molecule has 2 N–H and O–H groups in total. The van der Waals surface area contributed by atoms with Crippen LogP contribution in [0.2, 0.25) is 0 Å². The number of halogens is 2. The molecule has 0 fully saturated rings. The summed E-state index contributed by atoms with van der Waals surface area (Å²) in [7, 11) is 1.09. The van der Waals surface area contributed by atoms with Gasteiger partial charge in [-0.25, -0.2) is 18.6 Å². The van der Waals surface area contributed by atoms with Crippen molar-refractivity contribution in [2.24, 2.45) is 0 Å². The number of hydrogen-bond donors (Lipinski definition) is 1. The maximum atomic E-state index is 12.4. The Balaban J connectivity index is 3.29. The van der Waals surface area contributed by atoms with Gasteiger partial charge in [0.15, 0.2) is 0 Å². The first-order valence-electron chi connectivity index (χ1n) is 3.68. The Morgan fingerprint density at radius 1 is 1.64 bits per heavy atom. The predicted octanol–water partition coefficient (Wildman–Crippen LogP) is 1.39. The summed E-state index contributed by atoms with van der Waals surface area (Å²) in [5.74, 6) is -1.17. The van der Waals surface area contributed by atoms with Crippen LogP contribution in [0.1, 0.15) is 22.3 Å². The number of ether oxygens (including phenoxy) is 1. The quantitative estimate of drug-likeness (QED) is 0.736. The summed E-state index contributed by atoms with van der Waals surface area (Å²) in [6.45, 7) is 0. The second kappa shape index (κ2) is 3.99. The number of carbonyl (C=O) groups is 1. The van der Waals surface area contributed by atoms with Crippen molar-refractivity contribution in [1.29, 1.82) is 0 Å². The van der Waals surface area contributed by atoms with Crippen LogP contribution in [0, 0.1) is 0 Å². The molecule has 0 radical (unpaired) electrons. The first-order valence-corrected chi connectivity index (χ1v) is 3.68. The Hall–Kier alpha value is -1.72. The van der Waals surface area contributed by atoms with Crippen molar-refractivity contribution in [1.82, 2.24) is 4.98 Å². The monoisotopic (exact) mass is 202 g/mol. The summed E-state index contributed by atoms with van der Waals surface area (Å²) in [6, 6.07) is 1.03. The number of aromatic nitrogens is 1. The average molecular weight is 202 g/mol. The Morgan fingerprint density at radius 3 is 2.79 bits per heavy atom. The van der Waals surface area contributed by atoms with Crippen LogP contribution in [0.4, 0.5) is 14.6 Å². The molecular formula is C8H8F2N2O2. The highest BCUT2D eigenvalue weighted by Crippen LogP contribution is 2.25. The highest BCUT2D eigenvalue weighted by atomic mass is 19.3. The molecule has 1 aromatic rings. The number of pyridine rings is 1. The molecule has 0 aliphatic rings. The van der Waals surface area contributed by atoms with Gasteiger partial charge < -0.3 is 10.5 Å². The van der Waals surface area contributed by atoms with E-state index in [0.29, 0.717) is 0 Å². The normalized spacial score (nSPS) is 10.3. The third-order valence-corrected chi connectivity index (χ3v) is 1.64. The lowest BCUT2D eigenvalue weighted by Gasteiger charge is -2.08. The fraction of sp³-hybridized carbons (Fsp3) is 0.250. The van der Waals surface area contributed by atoms with E-state index in [1.165, 1.54) is 0 Å². The van der Waals surface area contributed by atoms with E-state index in [0.717, 1.165) is 19.4 Å². The van der Waals surface area contributed by atoms with Gasteiger partial charge in [-0.15, -0.1) is 0 Å². The maximum Gasteiger partial charge on any atom is 0.342 e. The molecule has 0 saturated carbocycles. The fourth-order valence-corrected chi connectivity index (χ4v) is 1.000. The number of alkyl halides is 2. The second-order valence-electron chi connectivity index (χ2n) is 2.45. The van der Waals surface area contributed by atoms with E-state index in [4.69, 9.17) is 5.73 Å². The highest BCUT2D eigenvalue weighted by Gasteiger charge is 2.21. The van der Waals surface area contributed by atoms with E-state index in [9.17, 15) is 13.6 Å². The third-order valence-electron chi connectivity index (χ3n) is 1.64. The molecule has 0 saturated heterocycles. The van der Waals surface area contributed by atoms with Gasteiger partial charge in [0, 0.05) is 11.8 Å². The van der Waals surface area contributed by atoms with Crippen LogP contribution in [-0.2, 0) is 4.74 Å². The Bertz CT molecular complexity index is 355. The van der Waals surface area contributed by atoms with Gasteiger partial charge in [0.1, 0.15) is 11.4 Å². The van der Waals surface area contributed by atoms with Crippen LogP contribution in [0.15, 0.2) is 12.3 Å². The van der Waals surface area contributed by atoms with E-state index in [2.05, 4.69) is 9.72 Å². The summed E-state index contributed by atoms with van der Waals surface area (Å²) < 4.78 is 29.1. The van der Waals surface area contributed by atoms with Gasteiger partial charge in [-0.1, -0.05) is 0 Å². The molecule has 0 aliphatic heterocycles. The minimum absolute atomic E-state index is 0.255. The minimum atomic E-state index is -2.78. The summed E-state index contributed by atoms with van der Waals surface area (Å²) in [6.07, 6.45) is -1.67. The van der Waals surface area contributed by atoms with E-state index >= 15 is 0 Å². The minimum Gasteiger partial charge on any atom is -0.465 e. The topological polar surface area (TPSA) is 65.2 Å². The van der Waals surface area contributed by atoms with Crippen LogP contribution in [0.3, 0.4) is 0 Å². The molecule has 0 spiro atoms. The largest absolute Gasteiger partial charge is 0.465 e. The van der Waals surface area contributed by atoms with Crippen molar-refractivity contribution in [3.63, 3.8) is 0 Å². The van der Waals surface area contributed by atoms with Gasteiger partial charge in [-0.3, -0.25) is 0 Å². The van der Waals surface area contributed by atoms with Gasteiger partial charge in [0.05, 0.1) is 7.11 Å². The lowest BCUT2D eigenvalue weighted by molar-refractivity contribution is 0.0590. The first kappa shape index (κ1) is 10.4. The SMILES string of the molecule is COC(=O)c1c(C(F)F)ccnc1N. The van der Waals surface area contributed by atoms with Gasteiger partial charge in [-0.2, -0.15) is 0 Å². The molecule has 0 amide bonds. The average Bonchev–Trinajstić information content (AvgIpc) is 2.16. The Morgan fingerprint density at radius 2 is 2.29 bits per heavy atom. The van der Waals surface area contributed by atoms with Gasteiger partial charge >= 0.3 is 5.97 Å². The number of nitrogen functional groups attached to an aromatic ring is 1. The summed E-state index contributed by atoms with van der Waals surface area (Å²) in [5.41, 5.74) is 4.45. The highest BCUT2D eigenvalue weighted by molar-refractivity contribution is 5.95. The van der Waals surface area contributed by atoms with Crippen molar-refractivity contribution < 1.29 is 18.3 Å². The molecule has 14 heavy (non-hydrogen) atoms. The number of nitrogens with zero attached hydrogens (tertiary/aromatic N) is 1. The molecule has 0 aromatic carbocycles. The standard InChI is InChI=1S/C8H8F2N2O2/c1-14-8(13)5-4(6(9)10)2-3-12-7(5)11/h2-3,6H,1H3,(H2,11,12). The molecule has 1 aromatic heterocycles. The van der Waals surface area contributed by atoms with E-state index in [-0.39, 0.29) is 11.4 Å². The zero-order valence-electron chi connectivity index (χ0n) is 7.33. The molecule has 0 bridgehead atoms. The number of rotatable bonds is 2. The van der Waals surface area contributed by atoms with Crippen LogP contribution >= 0.6 is 0 Å². The van der Waals surface area contributed by atoms with Crippen molar-refractivity contribution in [2.75, 3.05) is 12.8 Å². The molecule has 0 unspecified atom stereocenters. The van der Waals surface area contributed by atoms with Crippen molar-refractivity contribution in [2.45, 2.75) is 6.43 Å². The number of anilines is 1. The fourth-order valence-electron chi connectivity index (χ4n) is 1.000. The van der Waals surface area contributed by atoms with Gasteiger partial charge in [0.25, 0.3) is 6.43 Å². The zero-order valence-corrected chi connectivity index (χ0v) is 7.33. The number of methoxy groups -OCH3 is 1. The second-order valence-corrected chi connectivity index (χ2v) is 2.45. The van der Waals surface area contributed by atoms with Crippen molar-refractivity contribution in [3.05, 3.63) is 23.4 Å². The number of esters is 1. The molecular weight excluding hydrogens is 194 g/mol.